The molecular weight excluding hydrogens is 448 g/mol. The zero-order valence-corrected chi connectivity index (χ0v) is 17.6. The molecule has 0 saturated carbocycles. The molecule has 0 bridgehead atoms. The summed E-state index contributed by atoms with van der Waals surface area (Å²) in [6.07, 6.45) is 0.600. The van der Waals surface area contributed by atoms with Gasteiger partial charge in [-0.2, -0.15) is 0 Å². The van der Waals surface area contributed by atoms with Gasteiger partial charge in [0.1, 0.15) is 0 Å². The van der Waals surface area contributed by atoms with Crippen molar-refractivity contribution in [2.75, 3.05) is 20.8 Å². The predicted octanol–water partition coefficient (Wildman–Crippen LogP) is 4.56. The highest BCUT2D eigenvalue weighted by molar-refractivity contribution is 9.10. The van der Waals surface area contributed by atoms with Crippen molar-refractivity contribution < 1.29 is 19.2 Å². The first-order valence-electron chi connectivity index (χ1n) is 8.29. The van der Waals surface area contributed by atoms with Gasteiger partial charge < -0.3 is 14.8 Å². The molecule has 3 aromatic rings. The number of fused-ring (bicyclic) bond motifs is 1. The van der Waals surface area contributed by atoms with Gasteiger partial charge in [0.25, 0.3) is 11.6 Å². The molecule has 1 heterocycles. The number of amides is 1. The van der Waals surface area contributed by atoms with E-state index >= 15 is 0 Å². The molecule has 0 aliphatic carbocycles. The van der Waals surface area contributed by atoms with Crippen molar-refractivity contribution in [1.29, 1.82) is 0 Å². The first kappa shape index (κ1) is 20.1. The Labute approximate surface area is 173 Å². The van der Waals surface area contributed by atoms with Gasteiger partial charge in [-0.25, -0.2) is 0 Å². The molecule has 3 rings (SSSR count). The zero-order chi connectivity index (χ0) is 20.3. The Hall–Kier alpha value is -2.65. The van der Waals surface area contributed by atoms with Crippen molar-refractivity contribution in [2.24, 2.45) is 0 Å². The van der Waals surface area contributed by atoms with E-state index < -0.39 is 4.92 Å². The number of methoxy groups -OCH3 is 2. The first-order chi connectivity index (χ1) is 13.4. The molecule has 0 radical (unpaired) electrons. The quantitative estimate of drug-likeness (QED) is 0.408. The SMILES string of the molecule is COc1cc(Br)c(CCNC(=O)c2cc3cc([N+](=O)[O-])ccc3s2)cc1OC. The molecule has 7 nitrogen and oxygen atoms in total. The van der Waals surface area contributed by atoms with E-state index in [0.717, 1.165) is 14.7 Å². The Morgan fingerprint density at radius 2 is 1.89 bits per heavy atom. The van der Waals surface area contributed by atoms with Crippen molar-refractivity contribution >= 4 is 48.9 Å². The minimum Gasteiger partial charge on any atom is -0.493 e. The molecule has 2 aromatic carbocycles. The number of carbonyl (C=O) groups is 1. The highest BCUT2D eigenvalue weighted by atomic mass is 79.9. The van der Waals surface area contributed by atoms with Crippen molar-refractivity contribution in [3.05, 3.63) is 61.4 Å². The lowest BCUT2D eigenvalue weighted by atomic mass is 10.1. The Morgan fingerprint density at radius 3 is 2.57 bits per heavy atom. The van der Waals surface area contributed by atoms with Gasteiger partial charge >= 0.3 is 0 Å². The molecule has 28 heavy (non-hydrogen) atoms. The number of halogens is 1. The second kappa shape index (κ2) is 8.57. The van der Waals surface area contributed by atoms with E-state index in [9.17, 15) is 14.9 Å². The fourth-order valence-corrected chi connectivity index (χ4v) is 4.22. The molecule has 9 heteroatoms. The van der Waals surface area contributed by atoms with Crippen LogP contribution in [0.5, 0.6) is 11.5 Å². The third-order valence-corrected chi connectivity index (χ3v) is 6.02. The van der Waals surface area contributed by atoms with Crippen LogP contribution in [0, 0.1) is 10.1 Å². The number of nitrogens with zero attached hydrogens (tertiary/aromatic N) is 1. The van der Waals surface area contributed by atoms with Crippen LogP contribution in [0.15, 0.2) is 40.9 Å². The molecule has 146 valence electrons. The highest BCUT2D eigenvalue weighted by Crippen LogP contribution is 2.33. The molecule has 1 amide bonds. The van der Waals surface area contributed by atoms with E-state index in [0.29, 0.717) is 34.7 Å². The lowest BCUT2D eigenvalue weighted by molar-refractivity contribution is -0.384. The van der Waals surface area contributed by atoms with E-state index in [1.54, 1.807) is 26.4 Å². The topological polar surface area (TPSA) is 90.7 Å². The summed E-state index contributed by atoms with van der Waals surface area (Å²) in [7, 11) is 3.15. The average molecular weight is 465 g/mol. The first-order valence-corrected chi connectivity index (χ1v) is 9.90. The van der Waals surface area contributed by atoms with Crippen molar-refractivity contribution in [1.82, 2.24) is 5.32 Å². The Balaban J connectivity index is 1.67. The number of hydrogen-bond acceptors (Lipinski definition) is 6. The summed E-state index contributed by atoms with van der Waals surface area (Å²) in [6.45, 7) is 0.432. The number of nitro benzene ring substituents is 1. The Kier molecular flexibility index (Phi) is 6.15. The van der Waals surface area contributed by atoms with Crippen molar-refractivity contribution in [3.8, 4) is 11.5 Å². The summed E-state index contributed by atoms with van der Waals surface area (Å²) in [5.74, 6) is 1.04. The van der Waals surface area contributed by atoms with E-state index in [2.05, 4.69) is 21.2 Å². The molecule has 0 saturated heterocycles. The smallest absolute Gasteiger partial charge is 0.270 e. The molecule has 0 fully saturated rings. The third kappa shape index (κ3) is 4.26. The van der Waals surface area contributed by atoms with Gasteiger partial charge in [0.2, 0.25) is 0 Å². The fourth-order valence-electron chi connectivity index (χ4n) is 2.74. The molecule has 0 unspecified atom stereocenters. The second-order valence-electron chi connectivity index (χ2n) is 5.89. The van der Waals surface area contributed by atoms with Gasteiger partial charge in [-0.15, -0.1) is 11.3 Å². The monoisotopic (exact) mass is 464 g/mol. The van der Waals surface area contributed by atoms with E-state index in [4.69, 9.17) is 9.47 Å². The van der Waals surface area contributed by atoms with Gasteiger partial charge in [-0.05, 0) is 36.2 Å². The number of rotatable bonds is 7. The van der Waals surface area contributed by atoms with Crippen LogP contribution in [0.1, 0.15) is 15.2 Å². The number of benzene rings is 2. The maximum atomic E-state index is 12.4. The van der Waals surface area contributed by atoms with Crippen LogP contribution in [0.25, 0.3) is 10.1 Å². The van der Waals surface area contributed by atoms with Crippen LogP contribution in [0.2, 0.25) is 0 Å². The molecule has 0 aliphatic heterocycles. The molecule has 1 aromatic heterocycles. The largest absolute Gasteiger partial charge is 0.493 e. The Bertz CT molecular complexity index is 1050. The summed E-state index contributed by atoms with van der Waals surface area (Å²) in [4.78, 5) is 23.4. The van der Waals surface area contributed by atoms with E-state index in [-0.39, 0.29) is 11.6 Å². The van der Waals surface area contributed by atoms with E-state index in [1.807, 2.05) is 12.1 Å². The predicted molar refractivity (Wildman–Crippen MR) is 112 cm³/mol. The van der Waals surface area contributed by atoms with Crippen molar-refractivity contribution in [2.45, 2.75) is 6.42 Å². The van der Waals surface area contributed by atoms with Crippen LogP contribution in [0.3, 0.4) is 0 Å². The fraction of sp³-hybridized carbons (Fsp3) is 0.211. The third-order valence-electron chi connectivity index (χ3n) is 4.17. The summed E-state index contributed by atoms with van der Waals surface area (Å²) in [5.41, 5.74) is 0.987. The minimum atomic E-state index is -0.447. The van der Waals surface area contributed by atoms with Gasteiger partial charge in [-0.1, -0.05) is 15.9 Å². The number of nitrogens with one attached hydrogen (secondary N) is 1. The standard InChI is InChI=1S/C19H17BrN2O5S/c1-26-15-8-11(14(20)10-16(15)27-2)5-6-21-19(23)18-9-12-7-13(22(24)25)3-4-17(12)28-18/h3-4,7-10H,5-6H2,1-2H3,(H,21,23). The van der Waals surface area contributed by atoms with Gasteiger partial charge in [-0.3, -0.25) is 14.9 Å². The summed E-state index contributed by atoms with van der Waals surface area (Å²) >= 11 is 4.81. The molecule has 1 N–H and O–H groups in total. The number of thiophene rings is 1. The Morgan fingerprint density at radius 1 is 1.18 bits per heavy atom. The molecule has 0 aliphatic rings. The lowest BCUT2D eigenvalue weighted by Crippen LogP contribution is -2.24. The number of nitro groups is 1. The van der Waals surface area contributed by atoms with Crippen LogP contribution < -0.4 is 14.8 Å². The highest BCUT2D eigenvalue weighted by Gasteiger charge is 2.14. The van der Waals surface area contributed by atoms with Crippen LogP contribution in [-0.2, 0) is 6.42 Å². The number of carbonyl (C=O) groups excluding carboxylic acids is 1. The van der Waals surface area contributed by atoms with Gasteiger partial charge in [0.05, 0.1) is 24.0 Å². The summed E-state index contributed by atoms with van der Waals surface area (Å²) in [6, 6.07) is 9.95. The van der Waals surface area contributed by atoms with Crippen LogP contribution in [-0.4, -0.2) is 31.6 Å². The molecule has 0 spiro atoms. The summed E-state index contributed by atoms with van der Waals surface area (Å²) < 4.78 is 12.3. The average Bonchev–Trinajstić information content (AvgIpc) is 3.12. The maximum absolute atomic E-state index is 12.4. The number of hydrogen-bond donors (Lipinski definition) is 1. The van der Waals surface area contributed by atoms with Crippen LogP contribution >= 0.6 is 27.3 Å². The molecule has 0 atom stereocenters. The summed E-state index contributed by atoms with van der Waals surface area (Å²) in [5, 5.41) is 14.5. The number of ether oxygens (including phenoxy) is 2. The second-order valence-corrected chi connectivity index (χ2v) is 7.83. The van der Waals surface area contributed by atoms with E-state index in [1.165, 1.54) is 23.5 Å². The maximum Gasteiger partial charge on any atom is 0.270 e. The van der Waals surface area contributed by atoms with Crippen molar-refractivity contribution in [3.63, 3.8) is 0 Å². The lowest BCUT2D eigenvalue weighted by Gasteiger charge is -2.12. The van der Waals surface area contributed by atoms with Gasteiger partial charge in [0, 0.05) is 33.2 Å². The number of non-ortho nitro benzene ring substituents is 1. The van der Waals surface area contributed by atoms with Crippen LogP contribution in [0.4, 0.5) is 5.69 Å². The van der Waals surface area contributed by atoms with Gasteiger partial charge in [0.15, 0.2) is 11.5 Å². The minimum absolute atomic E-state index is 0.00978. The normalized spacial score (nSPS) is 10.7. The zero-order valence-electron chi connectivity index (χ0n) is 15.2. The molecular formula is C19H17BrN2O5S.